The van der Waals surface area contributed by atoms with Gasteiger partial charge in [0.25, 0.3) is 6.43 Å². The lowest BCUT2D eigenvalue weighted by Gasteiger charge is -2.43. The first-order valence-corrected chi connectivity index (χ1v) is 13.4. The molecule has 0 fully saturated rings. The predicted molar refractivity (Wildman–Crippen MR) is 142 cm³/mol. The zero-order valence-corrected chi connectivity index (χ0v) is 22.6. The molecule has 0 spiro atoms. The average molecular weight is 549 g/mol. The second-order valence-corrected chi connectivity index (χ2v) is 10.6. The Bertz CT molecular complexity index is 1220. The molecular formula is C30H36F4N2O3. The number of nitrogens with zero attached hydrogens (tertiary/aromatic N) is 2. The molecule has 0 unspecified atom stereocenters. The second kappa shape index (κ2) is 12.5. The highest BCUT2D eigenvalue weighted by molar-refractivity contribution is 5.79. The lowest BCUT2D eigenvalue weighted by Crippen LogP contribution is -2.45. The number of hydrogen-bond donors (Lipinski definition) is 1. The average Bonchev–Trinajstić information content (AvgIpc) is 3.26. The van der Waals surface area contributed by atoms with Gasteiger partial charge in [-0.2, -0.15) is 0 Å². The number of likely N-dealkylation sites (N-methyl/N-ethyl adjacent to an activating group) is 1. The van der Waals surface area contributed by atoms with Crippen LogP contribution in [-0.4, -0.2) is 66.9 Å². The van der Waals surface area contributed by atoms with Gasteiger partial charge >= 0.3 is 5.97 Å². The van der Waals surface area contributed by atoms with Gasteiger partial charge < -0.3 is 14.7 Å². The van der Waals surface area contributed by atoms with Crippen LogP contribution in [0.5, 0.6) is 5.75 Å². The maximum absolute atomic E-state index is 15.7. The van der Waals surface area contributed by atoms with E-state index in [1.54, 1.807) is 14.0 Å². The standard InChI is InChI=1S/C30H36F4N2O3/c1-18(30(37)38)17-36-19(2)15-22-21-8-5-4-7-20(21)16-23(22)28(36)26-24(32)9-10-25(27(26)29(33)34)39-14-13-35(3)12-6-11-31/h4-5,7-10,18-19,28-29H,6,11-17H2,1-3H3,(H,37,38)/t18-,19+,28-/m0/s1. The largest absolute Gasteiger partial charge is 0.492 e. The van der Waals surface area contributed by atoms with Crippen LogP contribution in [0.25, 0.3) is 5.57 Å². The lowest BCUT2D eigenvalue weighted by atomic mass is 9.82. The van der Waals surface area contributed by atoms with Crippen molar-refractivity contribution in [1.29, 1.82) is 0 Å². The molecule has 2 aromatic carbocycles. The highest BCUT2D eigenvalue weighted by Gasteiger charge is 2.43. The quantitative estimate of drug-likeness (QED) is 0.316. The third kappa shape index (κ3) is 6.14. The van der Waals surface area contributed by atoms with Gasteiger partial charge in [-0.15, -0.1) is 0 Å². The number of carboxylic acids is 1. The smallest absolute Gasteiger partial charge is 0.307 e. The van der Waals surface area contributed by atoms with E-state index in [0.717, 1.165) is 28.3 Å². The van der Waals surface area contributed by atoms with Crippen molar-refractivity contribution in [2.45, 2.75) is 51.6 Å². The van der Waals surface area contributed by atoms with Crippen LogP contribution in [0, 0.1) is 11.7 Å². The van der Waals surface area contributed by atoms with Crippen LogP contribution in [0.4, 0.5) is 17.6 Å². The summed E-state index contributed by atoms with van der Waals surface area (Å²) in [6.45, 7) is 4.12. The van der Waals surface area contributed by atoms with Crippen LogP contribution in [0.1, 0.15) is 61.4 Å². The Hall–Kier alpha value is -2.91. The summed E-state index contributed by atoms with van der Waals surface area (Å²) in [5.74, 6) is -2.65. The van der Waals surface area contributed by atoms with Gasteiger partial charge in [0.2, 0.25) is 0 Å². The molecule has 0 saturated carbocycles. The minimum Gasteiger partial charge on any atom is -0.492 e. The molecule has 1 N–H and O–H groups in total. The number of hydrogen-bond acceptors (Lipinski definition) is 4. The van der Waals surface area contributed by atoms with Gasteiger partial charge in [0, 0.05) is 31.2 Å². The maximum atomic E-state index is 15.7. The zero-order chi connectivity index (χ0) is 28.3. The number of ether oxygens (including phenoxy) is 1. The third-order valence-electron chi connectivity index (χ3n) is 7.83. The van der Waals surface area contributed by atoms with Crippen LogP contribution < -0.4 is 4.74 Å². The number of carbonyl (C=O) groups is 1. The first kappa shape index (κ1) is 29.1. The van der Waals surface area contributed by atoms with Gasteiger partial charge in [-0.1, -0.05) is 31.2 Å². The normalized spacial score (nSPS) is 19.9. The summed E-state index contributed by atoms with van der Waals surface area (Å²) in [5, 5.41) is 9.65. The summed E-state index contributed by atoms with van der Waals surface area (Å²) < 4.78 is 63.6. The minimum atomic E-state index is -3.02. The highest BCUT2D eigenvalue weighted by Crippen LogP contribution is 2.51. The Kier molecular flexibility index (Phi) is 9.33. The summed E-state index contributed by atoms with van der Waals surface area (Å²) in [4.78, 5) is 15.5. The van der Waals surface area contributed by atoms with Crippen LogP contribution in [0.3, 0.4) is 0 Å². The van der Waals surface area contributed by atoms with E-state index in [1.165, 1.54) is 6.07 Å². The number of aliphatic carboxylic acids is 1. The number of carboxylic acid groups (broad SMARTS) is 1. The highest BCUT2D eigenvalue weighted by atomic mass is 19.3. The molecule has 2 aromatic rings. The molecule has 212 valence electrons. The van der Waals surface area contributed by atoms with Crippen LogP contribution in [0.2, 0.25) is 0 Å². The molecule has 2 aliphatic rings. The molecule has 0 bridgehead atoms. The molecule has 5 nitrogen and oxygen atoms in total. The van der Waals surface area contributed by atoms with Crippen LogP contribution >= 0.6 is 0 Å². The Morgan fingerprint density at radius 3 is 2.64 bits per heavy atom. The first-order chi connectivity index (χ1) is 18.6. The van der Waals surface area contributed by atoms with Crippen molar-refractivity contribution in [1.82, 2.24) is 9.80 Å². The van der Waals surface area contributed by atoms with E-state index < -0.39 is 42.4 Å². The molecule has 0 aromatic heterocycles. The molecule has 39 heavy (non-hydrogen) atoms. The van der Waals surface area contributed by atoms with Gasteiger partial charge in [-0.05, 0) is 67.6 Å². The summed E-state index contributed by atoms with van der Waals surface area (Å²) in [7, 11) is 1.79. The molecule has 1 heterocycles. The lowest BCUT2D eigenvalue weighted by molar-refractivity contribution is -0.142. The molecule has 4 rings (SSSR count). The van der Waals surface area contributed by atoms with E-state index >= 15 is 4.39 Å². The molecule has 1 aliphatic carbocycles. The predicted octanol–water partition coefficient (Wildman–Crippen LogP) is 6.30. The fraction of sp³-hybridized carbons (Fsp3) is 0.500. The van der Waals surface area contributed by atoms with Crippen molar-refractivity contribution >= 4 is 11.5 Å². The zero-order valence-electron chi connectivity index (χ0n) is 22.6. The van der Waals surface area contributed by atoms with Crippen molar-refractivity contribution in [2.75, 3.05) is 40.0 Å². The van der Waals surface area contributed by atoms with Crippen LogP contribution in [-0.2, 0) is 11.2 Å². The van der Waals surface area contributed by atoms with Gasteiger partial charge in [0.1, 0.15) is 18.2 Å². The van der Waals surface area contributed by atoms with Gasteiger partial charge in [-0.25, -0.2) is 13.2 Å². The Morgan fingerprint density at radius 2 is 1.95 bits per heavy atom. The van der Waals surface area contributed by atoms with E-state index in [4.69, 9.17) is 4.74 Å². The summed E-state index contributed by atoms with van der Waals surface area (Å²) >= 11 is 0. The van der Waals surface area contributed by atoms with Crippen LogP contribution in [0.15, 0.2) is 42.0 Å². The summed E-state index contributed by atoms with van der Waals surface area (Å²) in [5.41, 5.74) is 3.28. The van der Waals surface area contributed by atoms with Crippen molar-refractivity contribution in [3.05, 3.63) is 70.0 Å². The summed E-state index contributed by atoms with van der Waals surface area (Å²) in [6.07, 6.45) is -1.56. The second-order valence-electron chi connectivity index (χ2n) is 10.6. The molecular weight excluding hydrogens is 512 g/mol. The molecule has 0 amide bonds. The van der Waals surface area contributed by atoms with E-state index in [2.05, 4.69) is 0 Å². The maximum Gasteiger partial charge on any atom is 0.307 e. The Balaban J connectivity index is 1.78. The van der Waals surface area contributed by atoms with Crippen molar-refractivity contribution in [3.8, 4) is 5.75 Å². The number of alkyl halides is 3. The number of benzene rings is 2. The Morgan fingerprint density at radius 1 is 1.21 bits per heavy atom. The molecule has 1 aliphatic heterocycles. The monoisotopic (exact) mass is 548 g/mol. The molecule has 3 atom stereocenters. The van der Waals surface area contributed by atoms with E-state index in [-0.39, 0.29) is 30.5 Å². The molecule has 0 radical (unpaired) electrons. The van der Waals surface area contributed by atoms with E-state index in [1.807, 2.05) is 41.0 Å². The Labute approximate surface area is 227 Å². The number of fused-ring (bicyclic) bond motifs is 2. The third-order valence-corrected chi connectivity index (χ3v) is 7.83. The molecule has 0 saturated heterocycles. The number of rotatable bonds is 12. The number of halogens is 4. The fourth-order valence-electron chi connectivity index (χ4n) is 5.82. The van der Waals surface area contributed by atoms with Crippen molar-refractivity contribution < 1.29 is 32.2 Å². The van der Waals surface area contributed by atoms with E-state index in [0.29, 0.717) is 32.4 Å². The van der Waals surface area contributed by atoms with Crippen molar-refractivity contribution in [2.24, 2.45) is 5.92 Å². The van der Waals surface area contributed by atoms with E-state index in [9.17, 15) is 23.1 Å². The fourth-order valence-corrected chi connectivity index (χ4v) is 5.82. The first-order valence-electron chi connectivity index (χ1n) is 13.4. The van der Waals surface area contributed by atoms with Gasteiger partial charge in [0.15, 0.2) is 0 Å². The molecule has 9 heteroatoms. The van der Waals surface area contributed by atoms with Crippen molar-refractivity contribution in [3.63, 3.8) is 0 Å². The minimum absolute atomic E-state index is 0.0772. The summed E-state index contributed by atoms with van der Waals surface area (Å²) in [6, 6.07) is 9.16. The topological polar surface area (TPSA) is 53.0 Å². The SMILES string of the molecule is C[C@@H]1CC2=C(Cc3ccccc32)[C@@H](c2c(F)ccc(OCCN(C)CCCF)c2C(F)F)N1C[C@H](C)C(=O)O. The van der Waals surface area contributed by atoms with Gasteiger partial charge in [-0.3, -0.25) is 14.1 Å². The van der Waals surface area contributed by atoms with Gasteiger partial charge in [0.05, 0.1) is 24.2 Å².